The molecule has 5 rings (SSSR count). The number of hydrogen-bond acceptors (Lipinski definition) is 7. The average Bonchev–Trinajstić information content (AvgIpc) is 3.02. The molecule has 0 aliphatic heterocycles. The highest BCUT2D eigenvalue weighted by atomic mass is 16.5. The summed E-state index contributed by atoms with van der Waals surface area (Å²) in [7, 11) is 3.26. The topological polar surface area (TPSA) is 87.4 Å². The molecule has 0 amide bonds. The number of hydrogen-bond donors (Lipinski definition) is 1. The molecule has 0 fully saturated rings. The van der Waals surface area contributed by atoms with E-state index in [0.717, 1.165) is 39.1 Å². The SMILES string of the molecule is COc1ccc(C(OCC(O)COCc2ccc3ccc(=O)oc3c2)(c2ccccc2)c2ccc(OC)cc2)cc1. The fourth-order valence-corrected chi connectivity index (χ4v) is 4.85. The molecule has 0 saturated heterocycles. The van der Waals surface area contributed by atoms with E-state index >= 15 is 0 Å². The highest BCUT2D eigenvalue weighted by Gasteiger charge is 2.38. The maximum atomic E-state index is 11.6. The van der Waals surface area contributed by atoms with E-state index in [-0.39, 0.29) is 19.8 Å². The van der Waals surface area contributed by atoms with E-state index in [1.807, 2.05) is 91.0 Å². The second kappa shape index (κ2) is 12.8. The van der Waals surface area contributed by atoms with Gasteiger partial charge in [0.15, 0.2) is 0 Å². The van der Waals surface area contributed by atoms with Gasteiger partial charge in [-0.2, -0.15) is 0 Å². The zero-order chi connectivity index (χ0) is 28.7. The Bertz CT molecular complexity index is 1560. The summed E-state index contributed by atoms with van der Waals surface area (Å²) >= 11 is 0. The Morgan fingerprint density at radius 1 is 0.732 bits per heavy atom. The Kier molecular flexibility index (Phi) is 8.79. The number of methoxy groups -OCH3 is 2. The van der Waals surface area contributed by atoms with Crippen LogP contribution in [0.5, 0.6) is 11.5 Å². The molecule has 210 valence electrons. The van der Waals surface area contributed by atoms with Gasteiger partial charge in [0.1, 0.15) is 28.8 Å². The number of fused-ring (bicyclic) bond motifs is 1. The van der Waals surface area contributed by atoms with Crippen LogP contribution in [0.25, 0.3) is 11.0 Å². The molecule has 41 heavy (non-hydrogen) atoms. The Morgan fingerprint density at radius 3 is 1.93 bits per heavy atom. The van der Waals surface area contributed by atoms with Gasteiger partial charge in [-0.25, -0.2) is 4.79 Å². The fourth-order valence-electron chi connectivity index (χ4n) is 4.85. The molecule has 1 heterocycles. The molecule has 1 unspecified atom stereocenters. The van der Waals surface area contributed by atoms with E-state index in [1.165, 1.54) is 6.07 Å². The summed E-state index contributed by atoms with van der Waals surface area (Å²) in [5, 5.41) is 11.8. The smallest absolute Gasteiger partial charge is 0.336 e. The quantitative estimate of drug-likeness (QED) is 0.157. The molecule has 0 bridgehead atoms. The Labute approximate surface area is 238 Å². The molecular weight excluding hydrogens is 520 g/mol. The summed E-state index contributed by atoms with van der Waals surface area (Å²) in [4.78, 5) is 11.6. The van der Waals surface area contributed by atoms with Gasteiger partial charge in [0, 0.05) is 11.5 Å². The number of benzene rings is 4. The molecule has 4 aromatic carbocycles. The molecule has 0 aliphatic carbocycles. The molecule has 1 aromatic heterocycles. The van der Waals surface area contributed by atoms with Crippen molar-refractivity contribution in [2.45, 2.75) is 18.3 Å². The van der Waals surface area contributed by atoms with Crippen LogP contribution in [-0.4, -0.2) is 38.6 Å². The number of rotatable bonds is 12. The normalized spacial score (nSPS) is 12.3. The largest absolute Gasteiger partial charge is 0.497 e. The lowest BCUT2D eigenvalue weighted by Crippen LogP contribution is -2.36. The molecule has 1 atom stereocenters. The van der Waals surface area contributed by atoms with Gasteiger partial charge in [0.2, 0.25) is 0 Å². The molecule has 0 aliphatic rings. The summed E-state index contributed by atoms with van der Waals surface area (Å²) < 4.78 is 28.6. The highest BCUT2D eigenvalue weighted by molar-refractivity contribution is 5.76. The van der Waals surface area contributed by atoms with Crippen LogP contribution in [0.3, 0.4) is 0 Å². The van der Waals surface area contributed by atoms with Crippen LogP contribution in [0.1, 0.15) is 22.3 Å². The van der Waals surface area contributed by atoms with Gasteiger partial charge in [-0.05, 0) is 58.7 Å². The monoisotopic (exact) mass is 552 g/mol. The van der Waals surface area contributed by atoms with Crippen molar-refractivity contribution in [3.63, 3.8) is 0 Å². The van der Waals surface area contributed by atoms with Crippen molar-refractivity contribution in [2.75, 3.05) is 27.4 Å². The minimum atomic E-state index is -1.03. The van der Waals surface area contributed by atoms with Crippen molar-refractivity contribution < 1.29 is 28.5 Å². The van der Waals surface area contributed by atoms with Crippen LogP contribution < -0.4 is 15.1 Å². The first kappa shape index (κ1) is 28.1. The van der Waals surface area contributed by atoms with Crippen LogP contribution >= 0.6 is 0 Å². The average molecular weight is 553 g/mol. The lowest BCUT2D eigenvalue weighted by Gasteiger charge is -2.36. The van der Waals surface area contributed by atoms with Crippen LogP contribution in [0, 0.1) is 0 Å². The molecule has 7 heteroatoms. The van der Waals surface area contributed by atoms with E-state index in [2.05, 4.69) is 0 Å². The minimum Gasteiger partial charge on any atom is -0.497 e. The summed E-state index contributed by atoms with van der Waals surface area (Å²) in [6.07, 6.45) is -0.909. The van der Waals surface area contributed by atoms with E-state index in [0.29, 0.717) is 5.58 Å². The minimum absolute atomic E-state index is 0.000448. The van der Waals surface area contributed by atoms with Gasteiger partial charge in [-0.15, -0.1) is 0 Å². The van der Waals surface area contributed by atoms with Crippen molar-refractivity contribution in [2.24, 2.45) is 0 Å². The van der Waals surface area contributed by atoms with Crippen molar-refractivity contribution in [1.82, 2.24) is 0 Å². The standard InChI is InChI=1S/C34H32O7/c1-37-30-15-11-27(12-16-30)34(26-6-4-3-5-7-26,28-13-17-31(38-2)18-14-28)40-23-29(35)22-39-21-24-8-9-25-10-19-33(36)41-32(25)20-24/h3-20,29,35H,21-23H2,1-2H3. The molecule has 5 aromatic rings. The van der Waals surface area contributed by atoms with E-state index in [4.69, 9.17) is 23.4 Å². The number of aliphatic hydroxyl groups excluding tert-OH is 1. The lowest BCUT2D eigenvalue weighted by molar-refractivity contribution is -0.0662. The number of aliphatic hydroxyl groups is 1. The fraction of sp³-hybridized carbons (Fsp3) is 0.206. The zero-order valence-electron chi connectivity index (χ0n) is 23.0. The Hall–Kier alpha value is -4.43. The second-order valence-corrected chi connectivity index (χ2v) is 9.61. The maximum Gasteiger partial charge on any atom is 0.336 e. The van der Waals surface area contributed by atoms with Gasteiger partial charge in [0.25, 0.3) is 0 Å². The van der Waals surface area contributed by atoms with Crippen LogP contribution in [0.4, 0.5) is 0 Å². The first-order valence-electron chi connectivity index (χ1n) is 13.3. The van der Waals surface area contributed by atoms with E-state index in [9.17, 15) is 9.90 Å². The van der Waals surface area contributed by atoms with Gasteiger partial charge in [-0.1, -0.05) is 66.7 Å². The van der Waals surface area contributed by atoms with Crippen molar-refractivity contribution in [1.29, 1.82) is 0 Å². The number of ether oxygens (including phenoxy) is 4. The lowest BCUT2D eigenvalue weighted by atomic mass is 9.80. The van der Waals surface area contributed by atoms with Gasteiger partial charge in [0.05, 0.1) is 34.0 Å². The summed E-state index contributed by atoms with van der Waals surface area (Å²) in [6, 6.07) is 34.0. The van der Waals surface area contributed by atoms with Crippen LogP contribution in [-0.2, 0) is 21.7 Å². The van der Waals surface area contributed by atoms with Crippen molar-refractivity contribution >= 4 is 11.0 Å². The predicted octanol–water partition coefficient (Wildman–Crippen LogP) is 5.70. The first-order chi connectivity index (χ1) is 20.0. The maximum absolute atomic E-state index is 11.6. The van der Waals surface area contributed by atoms with E-state index in [1.54, 1.807) is 26.4 Å². The second-order valence-electron chi connectivity index (χ2n) is 9.61. The first-order valence-corrected chi connectivity index (χ1v) is 13.3. The summed E-state index contributed by atoms with van der Waals surface area (Å²) in [5.74, 6) is 1.46. The van der Waals surface area contributed by atoms with Gasteiger partial charge >= 0.3 is 5.63 Å². The summed E-state index contributed by atoms with van der Waals surface area (Å²) in [5.41, 5.74) is 2.54. The third kappa shape index (κ3) is 6.33. The molecule has 7 nitrogen and oxygen atoms in total. The van der Waals surface area contributed by atoms with Crippen LogP contribution in [0.2, 0.25) is 0 Å². The van der Waals surface area contributed by atoms with Crippen molar-refractivity contribution in [3.8, 4) is 11.5 Å². The Morgan fingerprint density at radius 2 is 1.32 bits per heavy atom. The zero-order valence-corrected chi connectivity index (χ0v) is 23.0. The third-order valence-corrected chi connectivity index (χ3v) is 6.93. The molecule has 0 radical (unpaired) electrons. The van der Waals surface area contributed by atoms with E-state index < -0.39 is 17.3 Å². The molecule has 0 saturated carbocycles. The molecule has 0 spiro atoms. The Balaban J connectivity index is 1.38. The van der Waals surface area contributed by atoms with Gasteiger partial charge < -0.3 is 28.5 Å². The predicted molar refractivity (Wildman–Crippen MR) is 156 cm³/mol. The van der Waals surface area contributed by atoms with Gasteiger partial charge in [-0.3, -0.25) is 0 Å². The van der Waals surface area contributed by atoms with Crippen LogP contribution in [0.15, 0.2) is 118 Å². The molecular formula is C34H32O7. The third-order valence-electron chi connectivity index (χ3n) is 6.93. The highest BCUT2D eigenvalue weighted by Crippen LogP contribution is 2.41. The van der Waals surface area contributed by atoms with Crippen molar-refractivity contribution in [3.05, 3.63) is 142 Å². The molecule has 1 N–H and O–H groups in total. The summed E-state index contributed by atoms with van der Waals surface area (Å²) in [6.45, 7) is 0.290.